The Hall–Kier alpha value is -3.09. The summed E-state index contributed by atoms with van der Waals surface area (Å²) in [7, 11) is 3.18. The van der Waals surface area contributed by atoms with Gasteiger partial charge in [0.25, 0.3) is 5.91 Å². The highest BCUT2D eigenvalue weighted by molar-refractivity contribution is 5.97. The largest absolute Gasteiger partial charge is 0.481 e. The van der Waals surface area contributed by atoms with Gasteiger partial charge < -0.3 is 20.3 Å². The zero-order valence-corrected chi connectivity index (χ0v) is 16.8. The highest BCUT2D eigenvalue weighted by Gasteiger charge is 2.38. The van der Waals surface area contributed by atoms with E-state index in [1.807, 2.05) is 31.2 Å². The number of rotatable bonds is 4. The molecule has 7 nitrogen and oxygen atoms in total. The molecule has 0 saturated carbocycles. The normalized spacial score (nSPS) is 20.9. The Morgan fingerprint density at radius 1 is 1.18 bits per heavy atom. The van der Waals surface area contributed by atoms with Gasteiger partial charge in [0, 0.05) is 43.2 Å². The van der Waals surface area contributed by atoms with Gasteiger partial charge in [-0.2, -0.15) is 4.98 Å². The number of benzene rings is 1. The maximum atomic E-state index is 12.3. The van der Waals surface area contributed by atoms with Crippen molar-refractivity contribution in [2.45, 2.75) is 32.9 Å². The fraction of sp³-hybridized carbons (Fsp3) is 0.381. The number of nitrogens with one attached hydrogen (secondary N) is 2. The maximum Gasteiger partial charge on any atom is 0.251 e. The number of pyridine rings is 1. The number of hydrogen-bond acceptors (Lipinski definition) is 5. The molecule has 0 bridgehead atoms. The van der Waals surface area contributed by atoms with Crippen LogP contribution in [0, 0.1) is 5.92 Å². The molecule has 0 aliphatic carbocycles. The first-order valence-electron chi connectivity index (χ1n) is 9.30. The van der Waals surface area contributed by atoms with E-state index >= 15 is 0 Å². The monoisotopic (exact) mass is 382 g/mol. The number of aromatic nitrogens is 1. The molecule has 3 atom stereocenters. The topological polar surface area (TPSA) is 83.6 Å². The van der Waals surface area contributed by atoms with E-state index in [0.29, 0.717) is 17.3 Å². The van der Waals surface area contributed by atoms with Crippen molar-refractivity contribution < 1.29 is 14.3 Å². The first kappa shape index (κ1) is 19.7. The zero-order valence-electron chi connectivity index (χ0n) is 16.8. The molecule has 1 aromatic heterocycles. The summed E-state index contributed by atoms with van der Waals surface area (Å²) in [5.74, 6) is 1.10. The number of methoxy groups -OCH3 is 1. The molecule has 2 amide bonds. The molecule has 1 aromatic carbocycles. The summed E-state index contributed by atoms with van der Waals surface area (Å²) in [4.78, 5) is 30.8. The van der Waals surface area contributed by atoms with E-state index in [9.17, 15) is 9.59 Å². The summed E-state index contributed by atoms with van der Waals surface area (Å²) in [5, 5.41) is 6.13. The van der Waals surface area contributed by atoms with Crippen LogP contribution in [-0.2, 0) is 4.79 Å². The van der Waals surface area contributed by atoms with Crippen LogP contribution in [0.5, 0.6) is 5.88 Å². The number of amides is 2. The molecule has 1 aliphatic rings. The van der Waals surface area contributed by atoms with Crippen LogP contribution in [0.2, 0.25) is 0 Å². The Bertz CT molecular complexity index is 899. The molecule has 2 unspecified atom stereocenters. The summed E-state index contributed by atoms with van der Waals surface area (Å²) in [6.07, 6.45) is 0. The SMILES string of the molecule is CNC(=O)c1ccc2c(c1)C(Nc1cccc(OC)n1)C(C)[C@H](C)N2C(C)=O. The van der Waals surface area contributed by atoms with Crippen LogP contribution in [0.4, 0.5) is 11.5 Å². The number of carbonyl (C=O) groups excluding carboxylic acids is 2. The third-order valence-corrected chi connectivity index (χ3v) is 5.38. The van der Waals surface area contributed by atoms with Gasteiger partial charge in [-0.15, -0.1) is 0 Å². The van der Waals surface area contributed by atoms with Crippen molar-refractivity contribution in [2.75, 3.05) is 24.4 Å². The predicted octanol–water partition coefficient (Wildman–Crippen LogP) is 2.99. The second kappa shape index (κ2) is 7.88. The van der Waals surface area contributed by atoms with Crippen molar-refractivity contribution in [3.63, 3.8) is 0 Å². The lowest BCUT2D eigenvalue weighted by atomic mass is 9.82. The number of carbonyl (C=O) groups is 2. The van der Waals surface area contributed by atoms with E-state index in [4.69, 9.17) is 4.74 Å². The Balaban J connectivity index is 2.09. The highest BCUT2D eigenvalue weighted by atomic mass is 16.5. The molecule has 2 heterocycles. The Labute approximate surface area is 165 Å². The van der Waals surface area contributed by atoms with Gasteiger partial charge in [0.1, 0.15) is 5.82 Å². The second-order valence-electron chi connectivity index (χ2n) is 7.03. The summed E-state index contributed by atoms with van der Waals surface area (Å²) in [5.41, 5.74) is 2.26. The summed E-state index contributed by atoms with van der Waals surface area (Å²) in [6.45, 7) is 5.69. The van der Waals surface area contributed by atoms with Crippen LogP contribution >= 0.6 is 0 Å². The van der Waals surface area contributed by atoms with Crippen molar-refractivity contribution in [2.24, 2.45) is 5.92 Å². The molecule has 0 fully saturated rings. The lowest BCUT2D eigenvalue weighted by molar-refractivity contribution is -0.117. The molecular weight excluding hydrogens is 356 g/mol. The summed E-state index contributed by atoms with van der Waals surface area (Å²) < 4.78 is 5.22. The molecule has 1 aliphatic heterocycles. The molecule has 148 valence electrons. The Morgan fingerprint density at radius 2 is 1.93 bits per heavy atom. The molecule has 2 N–H and O–H groups in total. The van der Waals surface area contributed by atoms with Crippen LogP contribution in [0.3, 0.4) is 0 Å². The number of hydrogen-bond donors (Lipinski definition) is 2. The molecular formula is C21H26N4O3. The molecule has 2 aromatic rings. The average molecular weight is 382 g/mol. The van der Waals surface area contributed by atoms with Crippen molar-refractivity contribution in [3.05, 3.63) is 47.5 Å². The van der Waals surface area contributed by atoms with Gasteiger partial charge in [0.2, 0.25) is 11.8 Å². The van der Waals surface area contributed by atoms with Gasteiger partial charge in [-0.3, -0.25) is 9.59 Å². The minimum Gasteiger partial charge on any atom is -0.481 e. The van der Waals surface area contributed by atoms with Crippen LogP contribution in [0.15, 0.2) is 36.4 Å². The van der Waals surface area contributed by atoms with Crippen molar-refractivity contribution in [1.29, 1.82) is 0 Å². The number of anilines is 2. The predicted molar refractivity (Wildman–Crippen MR) is 109 cm³/mol. The Kier molecular flexibility index (Phi) is 5.53. The molecule has 0 spiro atoms. The van der Waals surface area contributed by atoms with Crippen molar-refractivity contribution in [3.8, 4) is 5.88 Å². The molecule has 0 saturated heterocycles. The summed E-state index contributed by atoms with van der Waals surface area (Å²) >= 11 is 0. The number of fused-ring (bicyclic) bond motifs is 1. The van der Waals surface area contributed by atoms with Gasteiger partial charge in [-0.25, -0.2) is 0 Å². The van der Waals surface area contributed by atoms with Gasteiger partial charge in [-0.05, 0) is 36.8 Å². The standard InChI is InChI=1S/C21H26N4O3/c1-12-13(2)25(14(3)26)17-10-9-15(21(27)22-4)11-16(17)20(12)24-18-7-6-8-19(23-18)28-5/h6-13,20H,1-5H3,(H,22,27)(H,23,24)/t12?,13-,20?/m0/s1. The van der Waals surface area contributed by atoms with E-state index in [2.05, 4.69) is 22.5 Å². The fourth-order valence-electron chi connectivity index (χ4n) is 3.76. The third-order valence-electron chi connectivity index (χ3n) is 5.38. The first-order chi connectivity index (χ1) is 13.4. The second-order valence-corrected chi connectivity index (χ2v) is 7.03. The van der Waals surface area contributed by atoms with E-state index in [-0.39, 0.29) is 29.8 Å². The third kappa shape index (κ3) is 3.52. The minimum atomic E-state index is -0.165. The van der Waals surface area contributed by atoms with Gasteiger partial charge in [0.15, 0.2) is 0 Å². The smallest absolute Gasteiger partial charge is 0.251 e. The molecule has 7 heteroatoms. The van der Waals surface area contributed by atoms with Gasteiger partial charge in [0.05, 0.1) is 13.2 Å². The van der Waals surface area contributed by atoms with Gasteiger partial charge in [-0.1, -0.05) is 13.0 Å². The van der Waals surface area contributed by atoms with E-state index in [1.165, 1.54) is 0 Å². The number of ether oxygens (including phenoxy) is 1. The quantitative estimate of drug-likeness (QED) is 0.849. The maximum absolute atomic E-state index is 12.3. The molecule has 0 radical (unpaired) electrons. The van der Waals surface area contributed by atoms with Crippen molar-refractivity contribution >= 4 is 23.3 Å². The Morgan fingerprint density at radius 3 is 2.57 bits per heavy atom. The fourth-order valence-corrected chi connectivity index (χ4v) is 3.76. The minimum absolute atomic E-state index is 0.0149. The highest BCUT2D eigenvalue weighted by Crippen LogP contribution is 2.42. The number of nitrogens with zero attached hydrogens (tertiary/aromatic N) is 2. The van der Waals surface area contributed by atoms with Crippen LogP contribution in [0.1, 0.15) is 42.7 Å². The first-order valence-corrected chi connectivity index (χ1v) is 9.30. The average Bonchev–Trinajstić information content (AvgIpc) is 2.70. The zero-order chi connectivity index (χ0) is 20.4. The van der Waals surface area contributed by atoms with Crippen LogP contribution in [-0.4, -0.2) is 37.0 Å². The van der Waals surface area contributed by atoms with Crippen LogP contribution < -0.4 is 20.3 Å². The van der Waals surface area contributed by atoms with Crippen LogP contribution in [0.25, 0.3) is 0 Å². The van der Waals surface area contributed by atoms with E-state index in [1.54, 1.807) is 38.1 Å². The molecule has 3 rings (SSSR count). The molecule has 28 heavy (non-hydrogen) atoms. The van der Waals surface area contributed by atoms with E-state index in [0.717, 1.165) is 11.3 Å². The lowest BCUT2D eigenvalue weighted by Crippen LogP contribution is -2.48. The lowest BCUT2D eigenvalue weighted by Gasteiger charge is -2.44. The van der Waals surface area contributed by atoms with E-state index < -0.39 is 0 Å². The van der Waals surface area contributed by atoms with Crippen molar-refractivity contribution in [1.82, 2.24) is 10.3 Å². The summed E-state index contributed by atoms with van der Waals surface area (Å²) in [6, 6.07) is 10.8. The van der Waals surface area contributed by atoms with Gasteiger partial charge >= 0.3 is 0 Å².